The molecule has 1 amide bonds. The number of nitrogens with one attached hydrogen (secondary N) is 2. The van der Waals surface area contributed by atoms with Gasteiger partial charge in [-0.1, -0.05) is 0 Å². The van der Waals surface area contributed by atoms with Crippen LogP contribution in [0.25, 0.3) is 0 Å². The number of likely N-dealkylation sites (tertiary alicyclic amines) is 1. The zero-order valence-corrected chi connectivity index (χ0v) is 18.5. The van der Waals surface area contributed by atoms with Crippen LogP contribution in [0.2, 0.25) is 0 Å². The van der Waals surface area contributed by atoms with Crippen molar-refractivity contribution in [2.24, 2.45) is 0 Å². The van der Waals surface area contributed by atoms with Gasteiger partial charge in [-0.3, -0.25) is 0 Å². The van der Waals surface area contributed by atoms with E-state index in [-0.39, 0.29) is 24.3 Å². The van der Waals surface area contributed by atoms with Crippen molar-refractivity contribution in [3.05, 3.63) is 0 Å². The lowest BCUT2D eigenvalue weighted by molar-refractivity contribution is -0.0201. The second-order valence-electron chi connectivity index (χ2n) is 8.71. The van der Waals surface area contributed by atoms with Crippen LogP contribution in [0.4, 0.5) is 4.79 Å². The molecule has 9 nitrogen and oxygen atoms in total. The highest BCUT2D eigenvalue weighted by atomic mass is 32.2. The van der Waals surface area contributed by atoms with Gasteiger partial charge in [-0.2, -0.15) is 17.4 Å². The Morgan fingerprint density at radius 2 is 1.86 bits per heavy atom. The summed E-state index contributed by atoms with van der Waals surface area (Å²) in [6.45, 7) is 8.09. The zero-order valence-electron chi connectivity index (χ0n) is 17.7. The van der Waals surface area contributed by atoms with Crippen molar-refractivity contribution in [2.75, 3.05) is 40.3 Å². The third-order valence-corrected chi connectivity index (χ3v) is 6.53. The van der Waals surface area contributed by atoms with E-state index < -0.39 is 15.8 Å². The van der Waals surface area contributed by atoms with Crippen LogP contribution in [0.5, 0.6) is 0 Å². The first-order valence-electron chi connectivity index (χ1n) is 10.0. The van der Waals surface area contributed by atoms with Gasteiger partial charge in [-0.05, 0) is 53.0 Å². The van der Waals surface area contributed by atoms with Crippen molar-refractivity contribution in [3.8, 4) is 0 Å². The lowest BCUT2D eigenvalue weighted by atomic mass is 10.00. The lowest BCUT2D eigenvalue weighted by Gasteiger charge is -2.36. The number of piperidine rings is 2. The molecule has 2 heterocycles. The van der Waals surface area contributed by atoms with Crippen molar-refractivity contribution < 1.29 is 22.7 Å². The first-order chi connectivity index (χ1) is 13.0. The molecule has 0 aromatic carbocycles. The number of carbonyl (C=O) groups is 1. The highest BCUT2D eigenvalue weighted by Crippen LogP contribution is 2.19. The number of rotatable bonds is 6. The summed E-state index contributed by atoms with van der Waals surface area (Å²) in [5.41, 5.74) is -0.494. The van der Waals surface area contributed by atoms with Crippen molar-refractivity contribution in [3.63, 3.8) is 0 Å². The summed E-state index contributed by atoms with van der Waals surface area (Å²) in [4.78, 5) is 13.9. The van der Waals surface area contributed by atoms with Crippen LogP contribution in [0.15, 0.2) is 0 Å². The maximum Gasteiger partial charge on any atom is 0.410 e. The molecule has 0 spiro atoms. The Bertz CT molecular complexity index is 612. The Kier molecular flexibility index (Phi) is 8.09. The zero-order chi connectivity index (χ0) is 20.9. The molecule has 0 unspecified atom stereocenters. The fourth-order valence-corrected chi connectivity index (χ4v) is 4.21. The predicted octanol–water partition coefficient (Wildman–Crippen LogP) is 0.919. The molecule has 0 aromatic heterocycles. The van der Waals surface area contributed by atoms with Crippen molar-refractivity contribution in [1.82, 2.24) is 19.2 Å². The van der Waals surface area contributed by atoms with Gasteiger partial charge < -0.3 is 19.7 Å². The third kappa shape index (κ3) is 7.14. The summed E-state index contributed by atoms with van der Waals surface area (Å²) < 4.78 is 39.7. The van der Waals surface area contributed by atoms with Crippen LogP contribution in [-0.2, 0) is 19.7 Å². The normalized spacial score (nSPS) is 25.1. The van der Waals surface area contributed by atoms with Crippen LogP contribution in [0.1, 0.15) is 46.5 Å². The highest BCUT2D eigenvalue weighted by Gasteiger charge is 2.32. The summed E-state index contributed by atoms with van der Waals surface area (Å²) in [5, 5.41) is 3.37. The summed E-state index contributed by atoms with van der Waals surface area (Å²) in [5.74, 6) is 0. The van der Waals surface area contributed by atoms with E-state index in [0.29, 0.717) is 19.7 Å². The van der Waals surface area contributed by atoms with E-state index in [4.69, 9.17) is 9.47 Å². The molecule has 10 heteroatoms. The number of carbonyl (C=O) groups excluding carboxylic acids is 1. The van der Waals surface area contributed by atoms with E-state index in [2.05, 4.69) is 10.0 Å². The molecule has 2 rings (SSSR count). The molecule has 0 bridgehead atoms. The number of hydrogen-bond acceptors (Lipinski definition) is 6. The van der Waals surface area contributed by atoms with Crippen LogP contribution >= 0.6 is 0 Å². The summed E-state index contributed by atoms with van der Waals surface area (Å²) >= 11 is 0. The quantitative estimate of drug-likeness (QED) is 0.663. The van der Waals surface area contributed by atoms with Gasteiger partial charge in [0.25, 0.3) is 10.2 Å². The Labute approximate surface area is 169 Å². The van der Waals surface area contributed by atoms with Gasteiger partial charge in [0, 0.05) is 39.3 Å². The van der Waals surface area contributed by atoms with E-state index in [9.17, 15) is 13.2 Å². The molecule has 0 saturated carbocycles. The average Bonchev–Trinajstić information content (AvgIpc) is 2.59. The number of hydrogen-bond donors (Lipinski definition) is 2. The van der Waals surface area contributed by atoms with Gasteiger partial charge in [0.15, 0.2) is 0 Å². The minimum Gasteiger partial charge on any atom is -0.444 e. The van der Waals surface area contributed by atoms with Crippen LogP contribution in [0.3, 0.4) is 0 Å². The van der Waals surface area contributed by atoms with Crippen molar-refractivity contribution in [1.29, 1.82) is 0 Å². The summed E-state index contributed by atoms with van der Waals surface area (Å²) in [6, 6.07) is -0.254. The van der Waals surface area contributed by atoms with E-state index in [1.807, 2.05) is 20.8 Å². The van der Waals surface area contributed by atoms with E-state index >= 15 is 0 Å². The standard InChI is InChI=1S/C18H36N4O5S/c1-18(2,3)27-17(23)22-11-8-14(9-12-22)26-13-16-15(7-6-10-19-16)20-28(24,25)21(4)5/h14-16,19-20H,6-13H2,1-5H3/t15-,16-/m0/s1. The molecule has 0 aliphatic carbocycles. The molecule has 28 heavy (non-hydrogen) atoms. The molecular weight excluding hydrogens is 384 g/mol. The van der Waals surface area contributed by atoms with Gasteiger partial charge in [0.2, 0.25) is 0 Å². The van der Waals surface area contributed by atoms with E-state index in [1.165, 1.54) is 18.4 Å². The molecule has 2 atom stereocenters. The van der Waals surface area contributed by atoms with Crippen LogP contribution < -0.4 is 10.0 Å². The Balaban J connectivity index is 1.79. The molecule has 0 aromatic rings. The van der Waals surface area contributed by atoms with Crippen molar-refractivity contribution >= 4 is 16.3 Å². The maximum absolute atomic E-state index is 12.1. The van der Waals surface area contributed by atoms with E-state index in [0.717, 1.165) is 32.2 Å². The second-order valence-corrected chi connectivity index (χ2v) is 10.6. The largest absolute Gasteiger partial charge is 0.444 e. The minimum atomic E-state index is -3.48. The molecule has 2 fully saturated rings. The van der Waals surface area contributed by atoms with Crippen LogP contribution in [-0.4, -0.2) is 87.8 Å². The fourth-order valence-electron chi connectivity index (χ4n) is 3.34. The monoisotopic (exact) mass is 420 g/mol. The first-order valence-corrected chi connectivity index (χ1v) is 11.4. The number of amides is 1. The second kappa shape index (κ2) is 9.71. The topological polar surface area (TPSA) is 100 Å². The fraction of sp³-hybridized carbons (Fsp3) is 0.944. The van der Waals surface area contributed by atoms with Gasteiger partial charge in [-0.25, -0.2) is 4.79 Å². The SMILES string of the molecule is CN(C)S(=O)(=O)N[C@H]1CCCN[C@H]1COC1CCN(C(=O)OC(C)(C)C)CC1. The Hall–Kier alpha value is -0.940. The number of ether oxygens (including phenoxy) is 2. The molecule has 2 aliphatic heterocycles. The lowest BCUT2D eigenvalue weighted by Crippen LogP contribution is -2.57. The molecule has 164 valence electrons. The van der Waals surface area contributed by atoms with Crippen LogP contribution in [0, 0.1) is 0 Å². The minimum absolute atomic E-state index is 0.0626. The summed E-state index contributed by atoms with van der Waals surface area (Å²) in [7, 11) is -0.443. The van der Waals surface area contributed by atoms with Crippen molar-refractivity contribution in [2.45, 2.75) is 70.2 Å². The van der Waals surface area contributed by atoms with Gasteiger partial charge in [-0.15, -0.1) is 0 Å². The maximum atomic E-state index is 12.1. The Morgan fingerprint density at radius 3 is 2.43 bits per heavy atom. The molecule has 0 radical (unpaired) electrons. The smallest absolute Gasteiger partial charge is 0.410 e. The van der Waals surface area contributed by atoms with E-state index in [1.54, 1.807) is 4.90 Å². The Morgan fingerprint density at radius 1 is 1.21 bits per heavy atom. The van der Waals surface area contributed by atoms with Gasteiger partial charge in [0.1, 0.15) is 5.60 Å². The molecule has 2 aliphatic rings. The highest BCUT2D eigenvalue weighted by molar-refractivity contribution is 7.87. The summed E-state index contributed by atoms with van der Waals surface area (Å²) in [6.07, 6.45) is 2.99. The van der Waals surface area contributed by atoms with Gasteiger partial charge >= 0.3 is 6.09 Å². The number of nitrogens with zero attached hydrogens (tertiary/aromatic N) is 2. The predicted molar refractivity (Wildman–Crippen MR) is 107 cm³/mol. The molecule has 2 N–H and O–H groups in total. The third-order valence-electron chi connectivity index (χ3n) is 4.97. The molecule has 2 saturated heterocycles. The van der Waals surface area contributed by atoms with Gasteiger partial charge in [0.05, 0.1) is 12.7 Å². The first kappa shape index (κ1) is 23.3. The average molecular weight is 421 g/mol. The molecular formula is C18H36N4O5S.